The maximum absolute atomic E-state index is 12.6. The zero-order valence-electron chi connectivity index (χ0n) is 42.5. The van der Waals surface area contributed by atoms with Crippen molar-refractivity contribution in [3.8, 4) is 39.1 Å². The predicted octanol–water partition coefficient (Wildman–Crippen LogP) is 11.0. The molecule has 0 saturated carbocycles. The summed E-state index contributed by atoms with van der Waals surface area (Å²) in [5.74, 6) is -0.364. The predicted molar refractivity (Wildman–Crippen MR) is 302 cm³/mol. The first kappa shape index (κ1) is 55.2. The summed E-state index contributed by atoms with van der Waals surface area (Å²) in [6.07, 6.45) is 3.58. The zero-order chi connectivity index (χ0) is 53.2. The number of rotatable bonds is 12. The number of aryl methyl sites for hydroxylation is 8. The van der Waals surface area contributed by atoms with E-state index in [1.165, 1.54) is 67.6 Å². The van der Waals surface area contributed by atoms with Gasteiger partial charge >= 0.3 is 22.7 Å². The summed E-state index contributed by atoms with van der Waals surface area (Å²) in [5, 5.41) is 17.4. The van der Waals surface area contributed by atoms with E-state index >= 15 is 0 Å². The first-order valence-electron chi connectivity index (χ1n) is 23.7. The summed E-state index contributed by atoms with van der Waals surface area (Å²) in [6, 6.07) is 52.0. The molecular formula is C61H58B3F3O5S. The van der Waals surface area contributed by atoms with Crippen LogP contribution in [0.5, 0.6) is 5.75 Å². The fraction of sp³-hybridized carbons (Fsp3) is 0.148. The number of hydrogen-bond donors (Lipinski definition) is 2. The monoisotopic (exact) mass is 992 g/mol. The van der Waals surface area contributed by atoms with Crippen molar-refractivity contribution in [1.82, 2.24) is 0 Å². The Bertz CT molecular complexity index is 3250. The third-order valence-electron chi connectivity index (χ3n) is 12.6. The van der Waals surface area contributed by atoms with Gasteiger partial charge in [-0.05, 0) is 117 Å². The molecule has 0 saturated heterocycles. The lowest BCUT2D eigenvalue weighted by atomic mass is 9.58. The van der Waals surface area contributed by atoms with E-state index in [1.807, 2.05) is 57.5 Å². The molecular weight excluding hydrogens is 934 g/mol. The van der Waals surface area contributed by atoms with Gasteiger partial charge in [0, 0.05) is 0 Å². The molecule has 0 spiro atoms. The fourth-order valence-electron chi connectivity index (χ4n) is 8.66. The first-order valence-corrected chi connectivity index (χ1v) is 25.1. The highest BCUT2D eigenvalue weighted by Gasteiger charge is 2.48. The van der Waals surface area contributed by atoms with Crippen LogP contribution in [0.15, 0.2) is 171 Å². The maximum atomic E-state index is 12.6. The van der Waals surface area contributed by atoms with Crippen LogP contribution < -0.4 is 31.5 Å². The van der Waals surface area contributed by atoms with Crippen LogP contribution >= 0.6 is 0 Å². The van der Waals surface area contributed by atoms with E-state index in [4.69, 9.17) is 10.0 Å². The van der Waals surface area contributed by atoms with Crippen LogP contribution in [-0.2, 0) is 10.1 Å². The SMILES string of the molecule is C=Cc1ccc(-c2cc(C)c([B]c3c(C)cc(-c4ccccc4)cc3C)c(C)c2)cc1.C=Cc1ccc(B(O)O)cc1.Cc1cc(OS(=O)(=O)C(F)(F)F)cc(C)c1[B]c1c(C)cc(-c2ccccc2)cc1C. The van der Waals surface area contributed by atoms with Crippen LogP contribution in [0.2, 0.25) is 0 Å². The van der Waals surface area contributed by atoms with E-state index in [9.17, 15) is 21.6 Å². The molecule has 0 aromatic heterocycles. The third kappa shape index (κ3) is 14.1. The molecule has 8 aromatic carbocycles. The van der Waals surface area contributed by atoms with E-state index in [-0.39, 0.29) is 5.75 Å². The second-order valence-electron chi connectivity index (χ2n) is 18.1. The van der Waals surface area contributed by atoms with Gasteiger partial charge in [-0.2, -0.15) is 21.6 Å². The molecule has 0 bridgehead atoms. The van der Waals surface area contributed by atoms with Gasteiger partial charge in [0.05, 0.1) is 0 Å². The molecule has 0 amide bonds. The lowest BCUT2D eigenvalue weighted by Crippen LogP contribution is -2.35. The van der Waals surface area contributed by atoms with E-state index in [0.29, 0.717) is 16.6 Å². The Balaban J connectivity index is 0.000000198. The minimum Gasteiger partial charge on any atom is -0.423 e. The Morgan fingerprint density at radius 1 is 0.452 bits per heavy atom. The standard InChI is InChI=1S/C30H28B.C23H21BF3O3S.C8H9BO2/c1-6-24-12-14-26(15-13-24)28-18-22(4)30(23(5)19-28)31-29-20(2)16-27(17-21(29)3)25-10-8-7-9-11-25;1-14-10-19(18-8-6-5-7-9-18)11-15(2)21(14)24-22-16(3)12-20(13-17(22)4)30-31(28,29)23(25,26)27;1-2-7-3-5-8(6-4-7)9(10)11/h6-19H,1H2,2-5H3;5-13H,1-4H3;2-6,10-11H,1H2. The molecule has 0 aliphatic heterocycles. The van der Waals surface area contributed by atoms with Gasteiger partial charge in [0.1, 0.15) is 5.75 Å². The third-order valence-corrected chi connectivity index (χ3v) is 13.6. The summed E-state index contributed by atoms with van der Waals surface area (Å²) in [4.78, 5) is 0. The van der Waals surface area contributed by atoms with E-state index in [1.54, 1.807) is 44.2 Å². The summed E-state index contributed by atoms with van der Waals surface area (Å²) < 4.78 is 64.7. The summed E-state index contributed by atoms with van der Waals surface area (Å²) in [7, 11) is -2.77. The van der Waals surface area contributed by atoms with Gasteiger partial charge < -0.3 is 14.2 Å². The van der Waals surface area contributed by atoms with Crippen LogP contribution in [-0.4, -0.2) is 45.7 Å². The molecule has 2 N–H and O–H groups in total. The van der Waals surface area contributed by atoms with Crippen LogP contribution in [0.4, 0.5) is 13.2 Å². The molecule has 0 aliphatic carbocycles. The van der Waals surface area contributed by atoms with Crippen molar-refractivity contribution >= 4 is 71.3 Å². The van der Waals surface area contributed by atoms with Crippen molar-refractivity contribution in [3.05, 3.63) is 227 Å². The van der Waals surface area contributed by atoms with Crippen LogP contribution in [0, 0.1) is 55.4 Å². The highest BCUT2D eigenvalue weighted by Crippen LogP contribution is 2.29. The van der Waals surface area contributed by atoms with Gasteiger partial charge in [0.15, 0.2) is 14.6 Å². The van der Waals surface area contributed by atoms with Crippen molar-refractivity contribution in [2.24, 2.45) is 0 Å². The molecule has 2 radical (unpaired) electrons. The average Bonchev–Trinajstić information content (AvgIpc) is 3.35. The topological polar surface area (TPSA) is 83.8 Å². The van der Waals surface area contributed by atoms with Gasteiger partial charge in [-0.3, -0.25) is 0 Å². The van der Waals surface area contributed by atoms with Crippen LogP contribution in [0.1, 0.15) is 55.6 Å². The zero-order valence-corrected chi connectivity index (χ0v) is 43.3. The summed E-state index contributed by atoms with van der Waals surface area (Å²) in [6.45, 7) is 23.7. The molecule has 8 aromatic rings. The lowest BCUT2D eigenvalue weighted by Gasteiger charge is -2.17. The first-order chi connectivity index (χ1) is 34.6. The molecule has 0 heterocycles. The number of hydrogen-bond acceptors (Lipinski definition) is 5. The normalized spacial score (nSPS) is 11.0. The Hall–Kier alpha value is -7.11. The largest absolute Gasteiger partial charge is 0.534 e. The molecule has 73 heavy (non-hydrogen) atoms. The highest BCUT2D eigenvalue weighted by molar-refractivity contribution is 7.88. The molecule has 8 rings (SSSR count). The van der Waals surface area contributed by atoms with E-state index < -0.39 is 22.7 Å². The van der Waals surface area contributed by atoms with Crippen molar-refractivity contribution in [2.75, 3.05) is 0 Å². The average molecular weight is 993 g/mol. The molecule has 0 aliphatic rings. The second kappa shape index (κ2) is 24.1. The summed E-state index contributed by atoms with van der Waals surface area (Å²) >= 11 is 0. The summed E-state index contributed by atoms with van der Waals surface area (Å²) in [5.41, 5.74) is 17.3. The number of benzene rings is 8. The minimum absolute atomic E-state index is 0.364. The van der Waals surface area contributed by atoms with Crippen molar-refractivity contribution in [3.63, 3.8) is 0 Å². The van der Waals surface area contributed by atoms with Crippen molar-refractivity contribution in [2.45, 2.75) is 60.9 Å². The lowest BCUT2D eigenvalue weighted by molar-refractivity contribution is -0.0500. The van der Waals surface area contributed by atoms with Gasteiger partial charge in [0.2, 0.25) is 0 Å². The van der Waals surface area contributed by atoms with E-state index in [2.05, 4.69) is 143 Å². The van der Waals surface area contributed by atoms with Gasteiger partial charge in [-0.25, -0.2) is 0 Å². The molecule has 0 unspecified atom stereocenters. The second-order valence-corrected chi connectivity index (χ2v) is 19.7. The van der Waals surface area contributed by atoms with Crippen LogP contribution in [0.3, 0.4) is 0 Å². The quantitative estimate of drug-likeness (QED) is 0.0724. The number of alkyl halides is 3. The molecule has 0 fully saturated rings. The van der Waals surface area contributed by atoms with Crippen molar-refractivity contribution in [1.29, 1.82) is 0 Å². The highest BCUT2D eigenvalue weighted by atomic mass is 32.2. The van der Waals surface area contributed by atoms with Gasteiger partial charge in [-0.1, -0.05) is 237 Å². The number of halogens is 3. The Morgan fingerprint density at radius 2 is 0.740 bits per heavy atom. The van der Waals surface area contributed by atoms with Crippen molar-refractivity contribution < 1.29 is 35.8 Å². The maximum Gasteiger partial charge on any atom is 0.534 e. The van der Waals surface area contributed by atoms with E-state index in [0.717, 1.165) is 44.3 Å². The fourth-order valence-corrected chi connectivity index (χ4v) is 9.10. The molecule has 368 valence electrons. The molecule has 0 atom stereocenters. The Morgan fingerprint density at radius 3 is 1.03 bits per heavy atom. The smallest absolute Gasteiger partial charge is 0.423 e. The molecule has 5 nitrogen and oxygen atoms in total. The Kier molecular flexibility index (Phi) is 18.2. The van der Waals surface area contributed by atoms with Gasteiger partial charge in [-0.15, -0.1) is 0 Å². The minimum atomic E-state index is -5.71. The molecule has 12 heteroatoms. The van der Waals surface area contributed by atoms with Gasteiger partial charge in [0.25, 0.3) is 0 Å². The Labute approximate surface area is 431 Å². The van der Waals surface area contributed by atoms with Crippen LogP contribution in [0.25, 0.3) is 45.5 Å².